The molecule has 4 rings (SSSR count). The third-order valence-electron chi connectivity index (χ3n) is 5.94. The molecule has 0 saturated carbocycles. The molecule has 0 unspecified atom stereocenters. The summed E-state index contributed by atoms with van der Waals surface area (Å²) in [4.78, 5) is 16.7. The van der Waals surface area contributed by atoms with E-state index >= 15 is 0 Å². The Morgan fingerprint density at radius 3 is 2.46 bits per heavy atom. The van der Waals surface area contributed by atoms with E-state index in [9.17, 15) is 9.18 Å². The van der Waals surface area contributed by atoms with Crippen LogP contribution in [0.4, 0.5) is 10.1 Å². The number of primary amides is 1. The molecule has 28 heavy (non-hydrogen) atoms. The van der Waals surface area contributed by atoms with Gasteiger partial charge in [0.15, 0.2) is 0 Å². The Morgan fingerprint density at radius 1 is 1.07 bits per heavy atom. The van der Waals surface area contributed by atoms with E-state index in [2.05, 4.69) is 9.80 Å². The van der Waals surface area contributed by atoms with Gasteiger partial charge in [0, 0.05) is 41.0 Å². The first-order chi connectivity index (χ1) is 13.5. The van der Waals surface area contributed by atoms with Crippen molar-refractivity contribution in [1.82, 2.24) is 4.90 Å². The van der Waals surface area contributed by atoms with E-state index in [1.54, 1.807) is 24.3 Å². The van der Waals surface area contributed by atoms with E-state index in [0.717, 1.165) is 31.6 Å². The van der Waals surface area contributed by atoms with Gasteiger partial charge in [0.2, 0.25) is 5.91 Å². The van der Waals surface area contributed by atoms with Crippen LogP contribution in [0.5, 0.6) is 0 Å². The molecule has 0 spiro atoms. The smallest absolute Gasteiger partial charge is 0.249 e. The Hall–Kier alpha value is -2.11. The van der Waals surface area contributed by atoms with E-state index in [-0.39, 0.29) is 5.82 Å². The molecule has 2 aromatic carbocycles. The third kappa shape index (κ3) is 3.87. The van der Waals surface area contributed by atoms with Crippen molar-refractivity contribution in [3.63, 3.8) is 0 Å². The summed E-state index contributed by atoms with van der Waals surface area (Å²) >= 11 is 6.34. The lowest BCUT2D eigenvalue weighted by molar-refractivity contribution is 0.100. The average molecular weight is 402 g/mol. The molecule has 0 aliphatic carbocycles. The standard InChI is InChI=1S/C22H25ClFN3O/c23-20-5-3-4-19(22(25)28)21(20)15-12-16(24)14-18(13-15)27-10-6-17(7-11-27)26-8-1-2-9-26/h3-5,12-14,17H,1-2,6-11H2,(H2,25,28). The van der Waals surface area contributed by atoms with Crippen molar-refractivity contribution in [2.24, 2.45) is 5.73 Å². The number of carbonyl (C=O) groups is 1. The van der Waals surface area contributed by atoms with Gasteiger partial charge in [-0.2, -0.15) is 0 Å². The van der Waals surface area contributed by atoms with Crippen molar-refractivity contribution < 1.29 is 9.18 Å². The predicted octanol–water partition coefficient (Wildman–Crippen LogP) is 4.31. The van der Waals surface area contributed by atoms with Crippen LogP contribution < -0.4 is 10.6 Å². The van der Waals surface area contributed by atoms with E-state index in [0.29, 0.717) is 27.8 Å². The highest BCUT2D eigenvalue weighted by atomic mass is 35.5. The molecule has 2 aromatic rings. The molecule has 6 heteroatoms. The van der Waals surface area contributed by atoms with E-state index in [1.165, 1.54) is 32.0 Å². The summed E-state index contributed by atoms with van der Waals surface area (Å²) in [5.41, 5.74) is 7.71. The lowest BCUT2D eigenvalue weighted by atomic mass is 9.97. The summed E-state index contributed by atoms with van der Waals surface area (Å²) in [5.74, 6) is -0.917. The Balaban J connectivity index is 1.60. The maximum atomic E-state index is 14.5. The third-order valence-corrected chi connectivity index (χ3v) is 6.25. The lowest BCUT2D eigenvalue weighted by Gasteiger charge is -2.38. The van der Waals surface area contributed by atoms with Crippen LogP contribution >= 0.6 is 11.6 Å². The lowest BCUT2D eigenvalue weighted by Crippen LogP contribution is -2.43. The van der Waals surface area contributed by atoms with Crippen molar-refractivity contribution in [2.75, 3.05) is 31.1 Å². The number of piperidine rings is 1. The quantitative estimate of drug-likeness (QED) is 0.830. The molecule has 2 N–H and O–H groups in total. The molecule has 4 nitrogen and oxygen atoms in total. The van der Waals surface area contributed by atoms with E-state index in [4.69, 9.17) is 17.3 Å². The number of amides is 1. The second kappa shape index (κ2) is 8.10. The molecule has 0 atom stereocenters. The Morgan fingerprint density at radius 2 is 1.79 bits per heavy atom. The number of nitrogens with two attached hydrogens (primary N) is 1. The fraction of sp³-hybridized carbons (Fsp3) is 0.409. The van der Waals surface area contributed by atoms with Gasteiger partial charge in [-0.25, -0.2) is 4.39 Å². The first-order valence-corrected chi connectivity index (χ1v) is 10.3. The molecule has 2 fully saturated rings. The van der Waals surface area contributed by atoms with Crippen LogP contribution in [0.3, 0.4) is 0 Å². The number of carbonyl (C=O) groups excluding carboxylic acids is 1. The second-order valence-corrected chi connectivity index (χ2v) is 8.09. The SMILES string of the molecule is NC(=O)c1cccc(Cl)c1-c1cc(F)cc(N2CCC(N3CCCC3)CC2)c1. The number of halogens is 2. The minimum Gasteiger partial charge on any atom is -0.371 e. The number of rotatable bonds is 4. The minimum atomic E-state index is -0.574. The van der Waals surface area contributed by atoms with Crippen molar-refractivity contribution in [1.29, 1.82) is 0 Å². The van der Waals surface area contributed by atoms with Crippen molar-refractivity contribution in [2.45, 2.75) is 31.7 Å². The number of likely N-dealkylation sites (tertiary alicyclic amines) is 1. The van der Waals surface area contributed by atoms with Gasteiger partial charge in [-0.05, 0) is 74.7 Å². The normalized spacial score (nSPS) is 18.6. The summed E-state index contributed by atoms with van der Waals surface area (Å²) in [6.07, 6.45) is 4.77. The summed E-state index contributed by atoms with van der Waals surface area (Å²) < 4.78 is 14.5. The van der Waals surface area contributed by atoms with E-state index in [1.807, 2.05) is 6.07 Å². The van der Waals surface area contributed by atoms with Gasteiger partial charge < -0.3 is 15.5 Å². The number of anilines is 1. The molecule has 2 saturated heterocycles. The van der Waals surface area contributed by atoms with Gasteiger partial charge in [-0.1, -0.05) is 17.7 Å². The van der Waals surface area contributed by atoms with Crippen LogP contribution in [0.2, 0.25) is 5.02 Å². The summed E-state index contributed by atoms with van der Waals surface area (Å²) in [6, 6.07) is 10.5. The van der Waals surface area contributed by atoms with Gasteiger partial charge >= 0.3 is 0 Å². The molecular formula is C22H25ClFN3O. The van der Waals surface area contributed by atoms with Gasteiger partial charge in [-0.15, -0.1) is 0 Å². The van der Waals surface area contributed by atoms with Gasteiger partial charge in [0.25, 0.3) is 0 Å². The predicted molar refractivity (Wildman–Crippen MR) is 111 cm³/mol. The van der Waals surface area contributed by atoms with Crippen LogP contribution in [0, 0.1) is 5.82 Å². The van der Waals surface area contributed by atoms with Gasteiger partial charge in [0.05, 0.1) is 0 Å². The van der Waals surface area contributed by atoms with Crippen LogP contribution in [-0.4, -0.2) is 43.0 Å². The highest BCUT2D eigenvalue weighted by molar-refractivity contribution is 6.34. The molecule has 2 aliphatic rings. The summed E-state index contributed by atoms with van der Waals surface area (Å²) in [5, 5.41) is 0.389. The molecule has 0 bridgehead atoms. The Kier molecular flexibility index (Phi) is 5.56. The number of nitrogens with zero attached hydrogens (tertiary/aromatic N) is 2. The molecule has 148 valence electrons. The largest absolute Gasteiger partial charge is 0.371 e. The fourth-order valence-electron chi connectivity index (χ4n) is 4.52. The van der Waals surface area contributed by atoms with E-state index < -0.39 is 5.91 Å². The zero-order chi connectivity index (χ0) is 19.7. The average Bonchev–Trinajstić information content (AvgIpc) is 3.22. The van der Waals surface area contributed by atoms with Crippen LogP contribution in [-0.2, 0) is 0 Å². The zero-order valence-electron chi connectivity index (χ0n) is 15.8. The molecular weight excluding hydrogens is 377 g/mol. The fourth-order valence-corrected chi connectivity index (χ4v) is 4.80. The molecule has 2 aliphatic heterocycles. The second-order valence-electron chi connectivity index (χ2n) is 7.69. The summed E-state index contributed by atoms with van der Waals surface area (Å²) in [6.45, 7) is 4.21. The maximum Gasteiger partial charge on any atom is 0.249 e. The number of benzene rings is 2. The van der Waals surface area contributed by atoms with Crippen molar-refractivity contribution >= 4 is 23.2 Å². The molecule has 1 amide bonds. The highest BCUT2D eigenvalue weighted by Gasteiger charge is 2.27. The maximum absolute atomic E-state index is 14.5. The van der Waals surface area contributed by atoms with Crippen molar-refractivity contribution in [3.05, 3.63) is 52.8 Å². The van der Waals surface area contributed by atoms with Crippen LogP contribution in [0.25, 0.3) is 11.1 Å². The topological polar surface area (TPSA) is 49.6 Å². The van der Waals surface area contributed by atoms with Gasteiger partial charge in [0.1, 0.15) is 5.82 Å². The first kappa shape index (κ1) is 19.2. The number of hydrogen-bond donors (Lipinski definition) is 1. The Bertz CT molecular complexity index is 874. The Labute approximate surface area is 170 Å². The van der Waals surface area contributed by atoms with Crippen LogP contribution in [0.1, 0.15) is 36.0 Å². The molecule has 0 radical (unpaired) electrons. The van der Waals surface area contributed by atoms with Crippen molar-refractivity contribution in [3.8, 4) is 11.1 Å². The molecule has 2 heterocycles. The highest BCUT2D eigenvalue weighted by Crippen LogP contribution is 2.35. The monoisotopic (exact) mass is 401 g/mol. The molecule has 0 aromatic heterocycles. The van der Waals surface area contributed by atoms with Gasteiger partial charge in [-0.3, -0.25) is 4.79 Å². The zero-order valence-corrected chi connectivity index (χ0v) is 16.6. The summed E-state index contributed by atoms with van der Waals surface area (Å²) in [7, 11) is 0. The van der Waals surface area contributed by atoms with Crippen LogP contribution in [0.15, 0.2) is 36.4 Å². The first-order valence-electron chi connectivity index (χ1n) is 9.91. The number of hydrogen-bond acceptors (Lipinski definition) is 3. The minimum absolute atomic E-state index is 0.303.